The number of ketones is 1. The van der Waals surface area contributed by atoms with E-state index in [0.717, 1.165) is 25.7 Å². The van der Waals surface area contributed by atoms with Crippen LogP contribution >= 0.6 is 0 Å². The lowest BCUT2D eigenvalue weighted by atomic mass is 9.58. The smallest absolute Gasteiger partial charge is 0.133 e. The largest absolute Gasteiger partial charge is 0.300 e. The standard InChI is InChI=1S/C25H38O/c1-5-8-9-10-11-13-20(4)19-25-17-16-23(26)18-22(25)15-12-14-21(6-2)24(25)7-3/h6-7,10-11,13,22H,5,8-9,12,14-19H2,1-4H3. The molecule has 0 bridgehead atoms. The van der Waals surface area contributed by atoms with Crippen molar-refractivity contribution in [3.05, 3.63) is 47.1 Å². The van der Waals surface area contributed by atoms with E-state index in [4.69, 9.17) is 0 Å². The fourth-order valence-corrected chi connectivity index (χ4v) is 5.17. The number of fused-ring (bicyclic) bond motifs is 1. The fraction of sp³-hybridized carbons (Fsp3) is 0.640. The van der Waals surface area contributed by atoms with E-state index in [0.29, 0.717) is 11.7 Å². The van der Waals surface area contributed by atoms with Crippen LogP contribution in [0, 0.1) is 11.3 Å². The highest BCUT2D eigenvalue weighted by atomic mass is 16.1. The second-order valence-corrected chi connectivity index (χ2v) is 8.26. The molecule has 0 aliphatic heterocycles. The lowest BCUT2D eigenvalue weighted by Crippen LogP contribution is -2.38. The van der Waals surface area contributed by atoms with E-state index >= 15 is 0 Å². The maximum absolute atomic E-state index is 12.2. The van der Waals surface area contributed by atoms with Gasteiger partial charge in [-0.2, -0.15) is 0 Å². The highest BCUT2D eigenvalue weighted by molar-refractivity contribution is 5.80. The zero-order valence-corrected chi connectivity index (χ0v) is 17.4. The van der Waals surface area contributed by atoms with Crippen molar-refractivity contribution in [2.24, 2.45) is 11.3 Å². The number of hydrogen-bond donors (Lipinski definition) is 0. The van der Waals surface area contributed by atoms with Crippen LogP contribution in [0.25, 0.3) is 0 Å². The number of carbonyl (C=O) groups excluding carboxylic acids is 1. The molecular weight excluding hydrogens is 316 g/mol. The highest BCUT2D eigenvalue weighted by Crippen LogP contribution is 2.56. The lowest BCUT2D eigenvalue weighted by Gasteiger charge is -2.45. The summed E-state index contributed by atoms with van der Waals surface area (Å²) in [5.74, 6) is 0.992. The van der Waals surface area contributed by atoms with Gasteiger partial charge in [-0.15, -0.1) is 0 Å². The molecule has 0 amide bonds. The first kappa shape index (κ1) is 20.9. The van der Waals surface area contributed by atoms with Crippen LogP contribution < -0.4 is 0 Å². The summed E-state index contributed by atoms with van der Waals surface area (Å²) in [6, 6.07) is 0. The van der Waals surface area contributed by atoms with E-state index in [-0.39, 0.29) is 5.41 Å². The molecule has 1 nitrogen and oxygen atoms in total. The first-order valence-corrected chi connectivity index (χ1v) is 10.7. The van der Waals surface area contributed by atoms with Crippen LogP contribution in [0.4, 0.5) is 0 Å². The minimum Gasteiger partial charge on any atom is -0.300 e. The van der Waals surface area contributed by atoms with Crippen LogP contribution in [0.3, 0.4) is 0 Å². The molecule has 2 aliphatic rings. The summed E-state index contributed by atoms with van der Waals surface area (Å²) in [5, 5.41) is 0. The van der Waals surface area contributed by atoms with Gasteiger partial charge in [-0.25, -0.2) is 0 Å². The van der Waals surface area contributed by atoms with Gasteiger partial charge < -0.3 is 0 Å². The Morgan fingerprint density at radius 1 is 1.23 bits per heavy atom. The Labute approximate surface area is 161 Å². The van der Waals surface area contributed by atoms with Crippen LogP contribution in [0.2, 0.25) is 0 Å². The Morgan fingerprint density at radius 2 is 2.04 bits per heavy atom. The second kappa shape index (κ2) is 10.1. The van der Waals surface area contributed by atoms with Gasteiger partial charge in [0.15, 0.2) is 0 Å². The van der Waals surface area contributed by atoms with E-state index in [1.54, 1.807) is 0 Å². The number of carbonyl (C=O) groups is 1. The van der Waals surface area contributed by atoms with Crippen LogP contribution in [-0.4, -0.2) is 5.78 Å². The molecule has 0 radical (unpaired) electrons. The topological polar surface area (TPSA) is 17.1 Å². The normalized spacial score (nSPS) is 30.8. The molecule has 26 heavy (non-hydrogen) atoms. The van der Waals surface area contributed by atoms with E-state index in [2.05, 4.69) is 58.1 Å². The minimum atomic E-state index is 0.166. The average Bonchev–Trinajstić information content (AvgIpc) is 2.77. The highest BCUT2D eigenvalue weighted by Gasteiger charge is 2.46. The molecule has 0 aromatic carbocycles. The molecule has 0 aromatic heterocycles. The Hall–Kier alpha value is -1.37. The van der Waals surface area contributed by atoms with Crippen molar-refractivity contribution in [3.8, 4) is 0 Å². The maximum Gasteiger partial charge on any atom is 0.133 e. The summed E-state index contributed by atoms with van der Waals surface area (Å²) < 4.78 is 0. The monoisotopic (exact) mass is 354 g/mol. The minimum absolute atomic E-state index is 0.166. The van der Waals surface area contributed by atoms with Crippen LogP contribution in [0.5, 0.6) is 0 Å². The van der Waals surface area contributed by atoms with Gasteiger partial charge in [0.2, 0.25) is 0 Å². The molecule has 2 rings (SSSR count). The summed E-state index contributed by atoms with van der Waals surface area (Å²) in [6.07, 6.45) is 22.5. The molecule has 2 fully saturated rings. The predicted molar refractivity (Wildman–Crippen MR) is 113 cm³/mol. The molecule has 144 valence electrons. The Bertz CT molecular complexity index is 602. The van der Waals surface area contributed by atoms with Gasteiger partial charge in [0.1, 0.15) is 5.78 Å². The van der Waals surface area contributed by atoms with Gasteiger partial charge in [-0.05, 0) is 76.4 Å². The van der Waals surface area contributed by atoms with Gasteiger partial charge in [-0.1, -0.05) is 55.7 Å². The molecule has 2 atom stereocenters. The van der Waals surface area contributed by atoms with Crippen molar-refractivity contribution in [1.29, 1.82) is 0 Å². The van der Waals surface area contributed by atoms with Crippen molar-refractivity contribution in [2.45, 2.75) is 91.9 Å². The van der Waals surface area contributed by atoms with Crippen molar-refractivity contribution >= 4 is 5.78 Å². The molecule has 2 aliphatic carbocycles. The summed E-state index contributed by atoms with van der Waals surface area (Å²) in [5.41, 5.74) is 4.68. The number of unbranched alkanes of at least 4 members (excludes halogenated alkanes) is 2. The molecule has 0 heterocycles. The lowest BCUT2D eigenvalue weighted by molar-refractivity contribution is -0.124. The molecule has 0 aromatic rings. The van der Waals surface area contributed by atoms with Gasteiger partial charge in [-0.3, -0.25) is 4.79 Å². The number of hydrogen-bond acceptors (Lipinski definition) is 1. The van der Waals surface area contributed by atoms with Gasteiger partial charge in [0.25, 0.3) is 0 Å². The third kappa shape index (κ3) is 4.87. The zero-order chi connectivity index (χ0) is 19.0. The van der Waals surface area contributed by atoms with Crippen molar-refractivity contribution < 1.29 is 4.79 Å². The van der Waals surface area contributed by atoms with Gasteiger partial charge in [0, 0.05) is 18.3 Å². The fourth-order valence-electron chi connectivity index (χ4n) is 5.17. The molecule has 1 heteroatoms. The van der Waals surface area contributed by atoms with E-state index in [9.17, 15) is 4.79 Å². The number of Topliss-reactive ketones (excluding diaryl/α,β-unsaturated/α-hetero) is 1. The first-order valence-electron chi connectivity index (χ1n) is 10.7. The first-order chi connectivity index (χ1) is 12.6. The van der Waals surface area contributed by atoms with Crippen molar-refractivity contribution in [3.63, 3.8) is 0 Å². The molecule has 0 saturated heterocycles. The Kier molecular flexibility index (Phi) is 8.13. The van der Waals surface area contributed by atoms with E-state index in [1.165, 1.54) is 55.2 Å². The van der Waals surface area contributed by atoms with Crippen LogP contribution in [0.15, 0.2) is 47.1 Å². The van der Waals surface area contributed by atoms with Gasteiger partial charge in [0.05, 0.1) is 0 Å². The van der Waals surface area contributed by atoms with E-state index in [1.807, 2.05) is 0 Å². The van der Waals surface area contributed by atoms with Crippen LogP contribution in [-0.2, 0) is 4.79 Å². The molecule has 2 saturated carbocycles. The van der Waals surface area contributed by atoms with Crippen molar-refractivity contribution in [2.75, 3.05) is 0 Å². The summed E-state index contributed by atoms with van der Waals surface area (Å²) in [4.78, 5) is 12.2. The van der Waals surface area contributed by atoms with E-state index < -0.39 is 0 Å². The van der Waals surface area contributed by atoms with Gasteiger partial charge >= 0.3 is 0 Å². The maximum atomic E-state index is 12.2. The Balaban J connectivity index is 2.31. The molecule has 2 unspecified atom stereocenters. The Morgan fingerprint density at radius 3 is 2.73 bits per heavy atom. The number of allylic oxidation sites excluding steroid dienone is 8. The third-order valence-electron chi connectivity index (χ3n) is 6.46. The zero-order valence-electron chi connectivity index (χ0n) is 17.4. The molecule has 0 spiro atoms. The predicted octanol–water partition coefficient (Wildman–Crippen LogP) is 7.50. The molecule has 0 N–H and O–H groups in total. The SMILES string of the molecule is CC=C1CCCC2CC(=O)CCC2(CC(C)=CC=CCCCC)C1=CC. The van der Waals surface area contributed by atoms with Crippen molar-refractivity contribution in [1.82, 2.24) is 0 Å². The second-order valence-electron chi connectivity index (χ2n) is 8.26. The average molecular weight is 355 g/mol. The summed E-state index contributed by atoms with van der Waals surface area (Å²) in [7, 11) is 0. The summed E-state index contributed by atoms with van der Waals surface area (Å²) >= 11 is 0. The third-order valence-corrected chi connectivity index (χ3v) is 6.46. The quantitative estimate of drug-likeness (QED) is 0.356. The number of rotatable bonds is 6. The van der Waals surface area contributed by atoms with Crippen LogP contribution in [0.1, 0.15) is 91.9 Å². The molecular formula is C25H38O. The summed E-state index contributed by atoms with van der Waals surface area (Å²) in [6.45, 7) is 8.89.